The first-order valence-corrected chi connectivity index (χ1v) is 7.19. The third kappa shape index (κ3) is 1.95. The van der Waals surface area contributed by atoms with Gasteiger partial charge in [-0.2, -0.15) is 0 Å². The number of carboxylic acid groups (broad SMARTS) is 1. The average molecular weight is 280 g/mol. The lowest BCUT2D eigenvalue weighted by molar-refractivity contribution is -0.141. The third-order valence-corrected chi connectivity index (χ3v) is 4.34. The molecular formula is C17H16N2O2. The van der Waals surface area contributed by atoms with Gasteiger partial charge in [-0.05, 0) is 34.6 Å². The van der Waals surface area contributed by atoms with Gasteiger partial charge in [0.15, 0.2) is 0 Å². The highest BCUT2D eigenvalue weighted by Crippen LogP contribution is 2.27. The number of carboxylic acids is 1. The molecule has 1 aromatic rings. The van der Waals surface area contributed by atoms with Crippen molar-refractivity contribution in [2.75, 3.05) is 18.4 Å². The molecule has 0 saturated carbocycles. The van der Waals surface area contributed by atoms with Crippen molar-refractivity contribution in [2.45, 2.75) is 6.42 Å². The molecule has 0 fully saturated rings. The average Bonchev–Trinajstić information content (AvgIpc) is 2.85. The Morgan fingerprint density at radius 1 is 1.24 bits per heavy atom. The van der Waals surface area contributed by atoms with E-state index in [-0.39, 0.29) is 5.92 Å². The van der Waals surface area contributed by atoms with Gasteiger partial charge in [-0.1, -0.05) is 24.3 Å². The van der Waals surface area contributed by atoms with Crippen LogP contribution in [0.1, 0.15) is 12.0 Å². The standard InChI is InChI=1S/C17H16N2O2/c20-17(21)13-6-12-3-1-2-10-8-15-11(4-5-18-15)7-14(10)16(12)19-9-13/h1-4,7-8,13,18-19H,5-6,9H2,(H,20,21). The van der Waals surface area contributed by atoms with Gasteiger partial charge in [0.05, 0.1) is 5.92 Å². The molecule has 1 atom stereocenters. The number of allylic oxidation sites excluding steroid dienone is 3. The summed E-state index contributed by atoms with van der Waals surface area (Å²) in [7, 11) is 0. The fourth-order valence-corrected chi connectivity index (χ4v) is 3.22. The Labute approximate surface area is 122 Å². The molecule has 3 N–H and O–H groups in total. The van der Waals surface area contributed by atoms with Gasteiger partial charge in [0, 0.05) is 30.0 Å². The van der Waals surface area contributed by atoms with E-state index in [1.165, 1.54) is 16.1 Å². The predicted octanol–water partition coefficient (Wildman–Crippen LogP) is 0.648. The van der Waals surface area contributed by atoms with Crippen LogP contribution in [-0.2, 0) is 4.79 Å². The van der Waals surface area contributed by atoms with E-state index in [0.717, 1.165) is 23.4 Å². The summed E-state index contributed by atoms with van der Waals surface area (Å²) in [5.41, 5.74) is 4.49. The van der Waals surface area contributed by atoms with Crippen LogP contribution in [0.15, 0.2) is 29.9 Å². The summed E-state index contributed by atoms with van der Waals surface area (Å²) in [6, 6.07) is 4.36. The molecule has 106 valence electrons. The van der Waals surface area contributed by atoms with Crippen LogP contribution in [0, 0.1) is 5.92 Å². The summed E-state index contributed by atoms with van der Waals surface area (Å²) in [6.07, 6.45) is 8.89. The van der Waals surface area contributed by atoms with Crippen molar-refractivity contribution < 1.29 is 9.90 Å². The Bertz CT molecular complexity index is 818. The first-order chi connectivity index (χ1) is 10.2. The van der Waals surface area contributed by atoms with Crippen LogP contribution in [0.2, 0.25) is 0 Å². The van der Waals surface area contributed by atoms with Gasteiger partial charge < -0.3 is 15.7 Å². The van der Waals surface area contributed by atoms with Gasteiger partial charge in [0.25, 0.3) is 0 Å². The van der Waals surface area contributed by atoms with E-state index in [9.17, 15) is 9.90 Å². The predicted molar refractivity (Wildman–Crippen MR) is 82.9 cm³/mol. The molecule has 0 amide bonds. The second-order valence-electron chi connectivity index (χ2n) is 5.66. The summed E-state index contributed by atoms with van der Waals surface area (Å²) in [4.78, 5) is 11.2. The van der Waals surface area contributed by atoms with Crippen molar-refractivity contribution in [3.8, 4) is 0 Å². The van der Waals surface area contributed by atoms with E-state index >= 15 is 0 Å². The van der Waals surface area contributed by atoms with Crippen LogP contribution in [0.5, 0.6) is 0 Å². The quantitative estimate of drug-likeness (QED) is 0.707. The molecule has 21 heavy (non-hydrogen) atoms. The van der Waals surface area contributed by atoms with Gasteiger partial charge in [-0.15, -0.1) is 0 Å². The Kier molecular flexibility index (Phi) is 2.64. The van der Waals surface area contributed by atoms with Gasteiger partial charge >= 0.3 is 5.97 Å². The third-order valence-electron chi connectivity index (χ3n) is 4.34. The number of benzene rings is 1. The van der Waals surface area contributed by atoms with E-state index in [2.05, 4.69) is 34.9 Å². The molecule has 0 saturated heterocycles. The van der Waals surface area contributed by atoms with Crippen molar-refractivity contribution in [1.29, 1.82) is 0 Å². The topological polar surface area (TPSA) is 61.4 Å². The fourth-order valence-electron chi connectivity index (χ4n) is 3.22. The van der Waals surface area contributed by atoms with Gasteiger partial charge in [0.2, 0.25) is 0 Å². The summed E-state index contributed by atoms with van der Waals surface area (Å²) < 4.78 is 0. The maximum absolute atomic E-state index is 11.2. The molecule has 0 bridgehead atoms. The van der Waals surface area contributed by atoms with Crippen LogP contribution in [0.25, 0.3) is 17.8 Å². The van der Waals surface area contributed by atoms with Crippen molar-refractivity contribution in [3.63, 3.8) is 0 Å². The van der Waals surface area contributed by atoms with Crippen LogP contribution in [-0.4, -0.2) is 24.2 Å². The second kappa shape index (κ2) is 4.52. The summed E-state index contributed by atoms with van der Waals surface area (Å²) in [6.45, 7) is 1.36. The molecule has 0 aromatic heterocycles. The summed E-state index contributed by atoms with van der Waals surface area (Å²) >= 11 is 0. The number of hydrogen-bond acceptors (Lipinski definition) is 3. The molecule has 2 aliphatic heterocycles. The maximum Gasteiger partial charge on any atom is 0.308 e. The van der Waals surface area contributed by atoms with E-state index < -0.39 is 5.97 Å². The molecule has 1 aliphatic carbocycles. The minimum absolute atomic E-state index is 0.349. The second-order valence-corrected chi connectivity index (χ2v) is 5.66. The molecule has 0 spiro atoms. The Morgan fingerprint density at radius 2 is 2.14 bits per heavy atom. The molecule has 4 heteroatoms. The van der Waals surface area contributed by atoms with Gasteiger partial charge in [-0.3, -0.25) is 4.79 Å². The first kappa shape index (κ1) is 12.3. The van der Waals surface area contributed by atoms with Crippen LogP contribution >= 0.6 is 0 Å². The highest BCUT2D eigenvalue weighted by molar-refractivity contribution is 5.79. The molecule has 4 nitrogen and oxygen atoms in total. The molecule has 3 aliphatic rings. The Hall–Kier alpha value is -2.49. The van der Waals surface area contributed by atoms with Crippen molar-refractivity contribution >= 4 is 29.5 Å². The van der Waals surface area contributed by atoms with Crippen LogP contribution in [0.4, 0.5) is 5.69 Å². The molecular weight excluding hydrogens is 264 g/mol. The van der Waals surface area contributed by atoms with Crippen LogP contribution in [0.3, 0.4) is 0 Å². The Morgan fingerprint density at radius 3 is 3.00 bits per heavy atom. The lowest BCUT2D eigenvalue weighted by Gasteiger charge is -2.25. The molecule has 1 unspecified atom stereocenters. The van der Waals surface area contributed by atoms with Crippen LogP contribution < -0.4 is 21.1 Å². The van der Waals surface area contributed by atoms with E-state index in [1.54, 1.807) is 0 Å². The van der Waals surface area contributed by atoms with Crippen molar-refractivity contribution in [1.82, 2.24) is 5.32 Å². The lowest BCUT2D eigenvalue weighted by Crippen LogP contribution is -2.34. The highest BCUT2D eigenvalue weighted by Gasteiger charge is 2.26. The number of hydrogen-bond donors (Lipinski definition) is 3. The zero-order chi connectivity index (χ0) is 14.4. The molecule has 4 rings (SSSR count). The van der Waals surface area contributed by atoms with E-state index in [0.29, 0.717) is 13.0 Å². The number of carbonyl (C=O) groups is 1. The maximum atomic E-state index is 11.2. The van der Waals surface area contributed by atoms with Crippen molar-refractivity contribution in [2.24, 2.45) is 5.92 Å². The minimum Gasteiger partial charge on any atom is -0.481 e. The van der Waals surface area contributed by atoms with E-state index in [1.807, 2.05) is 12.2 Å². The zero-order valence-electron chi connectivity index (χ0n) is 11.5. The molecule has 2 heterocycles. The highest BCUT2D eigenvalue weighted by atomic mass is 16.4. The largest absolute Gasteiger partial charge is 0.481 e. The van der Waals surface area contributed by atoms with E-state index in [4.69, 9.17) is 0 Å². The minimum atomic E-state index is -0.734. The fraction of sp³-hybridized carbons (Fsp3) is 0.235. The number of nitrogens with one attached hydrogen (secondary N) is 2. The smallest absolute Gasteiger partial charge is 0.308 e. The number of aliphatic carboxylic acids is 1. The zero-order valence-corrected chi connectivity index (χ0v) is 11.5. The summed E-state index contributed by atoms with van der Waals surface area (Å²) in [5.74, 6) is -1.08. The monoisotopic (exact) mass is 280 g/mol. The van der Waals surface area contributed by atoms with Gasteiger partial charge in [0.1, 0.15) is 0 Å². The van der Waals surface area contributed by atoms with Crippen molar-refractivity contribution in [3.05, 3.63) is 45.9 Å². The number of rotatable bonds is 1. The van der Waals surface area contributed by atoms with Gasteiger partial charge in [-0.25, -0.2) is 0 Å². The Balaban J connectivity index is 1.88. The lowest BCUT2D eigenvalue weighted by atomic mass is 9.91. The number of fused-ring (bicyclic) bond motifs is 3. The summed E-state index contributed by atoms with van der Waals surface area (Å²) in [5, 5.41) is 18.3. The molecule has 0 radical (unpaired) electrons. The molecule has 1 aromatic carbocycles. The number of anilines is 1. The first-order valence-electron chi connectivity index (χ1n) is 7.19. The normalized spacial score (nSPS) is 21.8. The SMILES string of the molecule is O=C(O)C1CNC2=C(C=CC=c3cc4c(cc32)=CCN4)C1.